The number of carbonyl (C=O) groups excluding carboxylic acids is 2. The number of imide groups is 1. The Morgan fingerprint density at radius 2 is 1.59 bits per heavy atom. The fourth-order valence-corrected chi connectivity index (χ4v) is 3.74. The van der Waals surface area contributed by atoms with Crippen molar-refractivity contribution in [3.8, 4) is 5.75 Å². The van der Waals surface area contributed by atoms with Crippen LogP contribution in [-0.2, 0) is 9.59 Å². The normalized spacial score (nSPS) is 13.7. The van der Waals surface area contributed by atoms with Crippen LogP contribution in [0.3, 0.4) is 0 Å². The molecule has 1 aliphatic rings. The number of hydrogen-bond donors (Lipinski definition) is 0. The van der Waals surface area contributed by atoms with E-state index in [4.69, 9.17) is 4.74 Å². The second kappa shape index (κ2) is 8.63. The van der Waals surface area contributed by atoms with Crippen LogP contribution in [0.5, 0.6) is 5.75 Å². The Bertz CT molecular complexity index is 1210. The lowest BCUT2D eigenvalue weighted by atomic mass is 10.0. The summed E-state index contributed by atoms with van der Waals surface area (Å²) in [6.45, 7) is 2.21. The molecule has 0 N–H and O–H groups in total. The number of likely N-dealkylation sites (N-methyl/N-ethyl adjacent to an activating group) is 1. The van der Waals surface area contributed by atoms with Gasteiger partial charge < -0.3 is 9.64 Å². The Kier molecular flexibility index (Phi) is 5.73. The van der Waals surface area contributed by atoms with E-state index in [-0.39, 0.29) is 11.3 Å². The first-order valence-corrected chi connectivity index (χ1v) is 10.0. The van der Waals surface area contributed by atoms with Gasteiger partial charge in [-0.3, -0.25) is 9.59 Å². The third-order valence-electron chi connectivity index (χ3n) is 5.24. The molecule has 5 nitrogen and oxygen atoms in total. The summed E-state index contributed by atoms with van der Waals surface area (Å²) in [4.78, 5) is 29.4. The molecular weight excluding hydrogens is 414 g/mol. The van der Waals surface area contributed by atoms with Crippen molar-refractivity contribution in [1.29, 1.82) is 0 Å². The molecule has 0 saturated carbocycles. The van der Waals surface area contributed by atoms with E-state index in [1.807, 2.05) is 37.3 Å². The van der Waals surface area contributed by atoms with Gasteiger partial charge in [-0.15, -0.1) is 0 Å². The monoisotopic (exact) mass is 434 g/mol. The van der Waals surface area contributed by atoms with Crippen LogP contribution in [0.25, 0.3) is 5.57 Å². The molecule has 0 saturated heterocycles. The fraction of sp³-hybridized carbons (Fsp3) is 0.120. The van der Waals surface area contributed by atoms with Crippen LogP contribution >= 0.6 is 0 Å². The molecule has 1 aliphatic heterocycles. The zero-order valence-corrected chi connectivity index (χ0v) is 17.5. The Balaban J connectivity index is 1.92. The minimum Gasteiger partial charge on any atom is -0.497 e. The van der Waals surface area contributed by atoms with E-state index in [0.717, 1.165) is 18.2 Å². The number of amides is 2. The van der Waals surface area contributed by atoms with Gasteiger partial charge >= 0.3 is 0 Å². The smallest absolute Gasteiger partial charge is 0.282 e. The summed E-state index contributed by atoms with van der Waals surface area (Å²) in [5, 5.41) is 0. The molecule has 162 valence electrons. The van der Waals surface area contributed by atoms with Crippen molar-refractivity contribution in [2.24, 2.45) is 0 Å². The first-order valence-electron chi connectivity index (χ1n) is 10.0. The summed E-state index contributed by atoms with van der Waals surface area (Å²) in [6.07, 6.45) is 0. The van der Waals surface area contributed by atoms with Crippen LogP contribution < -0.4 is 14.5 Å². The van der Waals surface area contributed by atoms with Gasteiger partial charge in [-0.25, -0.2) is 13.7 Å². The number of ether oxygens (including phenoxy) is 1. The molecule has 2 amide bonds. The second-order valence-corrected chi connectivity index (χ2v) is 7.07. The molecule has 3 aromatic rings. The van der Waals surface area contributed by atoms with Crippen molar-refractivity contribution < 1.29 is 23.1 Å². The Labute approximate surface area is 184 Å². The van der Waals surface area contributed by atoms with Gasteiger partial charge in [0.25, 0.3) is 11.8 Å². The first kappa shape index (κ1) is 21.2. The molecule has 0 spiro atoms. The molecule has 0 fully saturated rings. The molecule has 0 bridgehead atoms. The summed E-state index contributed by atoms with van der Waals surface area (Å²) in [7, 11) is 1.52. The highest BCUT2D eigenvalue weighted by atomic mass is 19.1. The molecule has 0 unspecified atom stereocenters. The number of rotatable bonds is 6. The number of carbonyl (C=O) groups is 2. The largest absolute Gasteiger partial charge is 0.497 e. The lowest BCUT2D eigenvalue weighted by molar-refractivity contribution is -0.120. The van der Waals surface area contributed by atoms with E-state index in [0.29, 0.717) is 28.4 Å². The topological polar surface area (TPSA) is 49.9 Å². The van der Waals surface area contributed by atoms with Gasteiger partial charge in [-0.1, -0.05) is 30.3 Å². The van der Waals surface area contributed by atoms with E-state index in [1.54, 1.807) is 29.2 Å². The minimum absolute atomic E-state index is 0.0949. The average molecular weight is 434 g/mol. The number of para-hydroxylation sites is 1. The van der Waals surface area contributed by atoms with Crippen molar-refractivity contribution in [2.45, 2.75) is 6.92 Å². The van der Waals surface area contributed by atoms with Crippen LogP contribution in [0.15, 0.2) is 78.5 Å². The van der Waals surface area contributed by atoms with Crippen LogP contribution in [0.4, 0.5) is 20.2 Å². The number of benzene rings is 3. The Hall–Kier alpha value is -4.00. The molecule has 0 aliphatic carbocycles. The number of anilines is 2. The van der Waals surface area contributed by atoms with Crippen molar-refractivity contribution in [1.82, 2.24) is 0 Å². The standard InChI is InChI=1S/C25H20F2N2O3/c1-3-28(18-7-5-4-6-8-18)23-22(16-9-12-19(32-2)13-10-16)24(30)29(25(23)31)21-15-17(26)11-14-20(21)27/h4-15H,3H2,1-2H3. The zero-order valence-electron chi connectivity index (χ0n) is 17.5. The lowest BCUT2D eigenvalue weighted by Crippen LogP contribution is -2.36. The average Bonchev–Trinajstić information content (AvgIpc) is 3.07. The molecule has 0 radical (unpaired) electrons. The maximum atomic E-state index is 14.6. The molecular formula is C25H20F2N2O3. The molecule has 4 rings (SSSR count). The van der Waals surface area contributed by atoms with E-state index < -0.39 is 29.1 Å². The number of hydrogen-bond acceptors (Lipinski definition) is 4. The van der Waals surface area contributed by atoms with Gasteiger partial charge in [0, 0.05) is 18.3 Å². The molecule has 7 heteroatoms. The van der Waals surface area contributed by atoms with Gasteiger partial charge in [-0.05, 0) is 48.9 Å². The summed E-state index contributed by atoms with van der Waals surface area (Å²) in [6, 6.07) is 18.4. The Morgan fingerprint density at radius 3 is 2.22 bits per heavy atom. The molecule has 1 heterocycles. The van der Waals surface area contributed by atoms with E-state index in [9.17, 15) is 18.4 Å². The highest BCUT2D eigenvalue weighted by molar-refractivity contribution is 6.46. The van der Waals surface area contributed by atoms with Crippen LogP contribution in [0, 0.1) is 11.6 Å². The third kappa shape index (κ3) is 3.62. The Morgan fingerprint density at radius 1 is 0.906 bits per heavy atom. The maximum absolute atomic E-state index is 14.6. The second-order valence-electron chi connectivity index (χ2n) is 7.07. The third-order valence-corrected chi connectivity index (χ3v) is 5.24. The van der Waals surface area contributed by atoms with E-state index in [1.165, 1.54) is 7.11 Å². The maximum Gasteiger partial charge on any atom is 0.282 e. The highest BCUT2D eigenvalue weighted by Crippen LogP contribution is 2.38. The van der Waals surface area contributed by atoms with Gasteiger partial charge in [-0.2, -0.15) is 0 Å². The van der Waals surface area contributed by atoms with Crippen LogP contribution in [0.2, 0.25) is 0 Å². The first-order chi connectivity index (χ1) is 15.5. The fourth-order valence-electron chi connectivity index (χ4n) is 3.74. The predicted molar refractivity (Wildman–Crippen MR) is 118 cm³/mol. The van der Waals surface area contributed by atoms with Crippen LogP contribution in [0.1, 0.15) is 12.5 Å². The van der Waals surface area contributed by atoms with Crippen LogP contribution in [-0.4, -0.2) is 25.5 Å². The van der Waals surface area contributed by atoms with E-state index in [2.05, 4.69) is 0 Å². The van der Waals surface area contributed by atoms with Crippen molar-refractivity contribution in [3.05, 3.63) is 95.7 Å². The summed E-state index contributed by atoms with van der Waals surface area (Å²) < 4.78 is 33.6. The molecule has 3 aromatic carbocycles. The highest BCUT2D eigenvalue weighted by Gasteiger charge is 2.43. The number of methoxy groups -OCH3 is 1. The van der Waals surface area contributed by atoms with Crippen molar-refractivity contribution in [2.75, 3.05) is 23.5 Å². The summed E-state index contributed by atoms with van der Waals surface area (Å²) in [5.74, 6) is -2.50. The van der Waals surface area contributed by atoms with Gasteiger partial charge in [0.2, 0.25) is 0 Å². The zero-order chi connectivity index (χ0) is 22.8. The summed E-state index contributed by atoms with van der Waals surface area (Å²) >= 11 is 0. The van der Waals surface area contributed by atoms with Gasteiger partial charge in [0.15, 0.2) is 0 Å². The van der Waals surface area contributed by atoms with Crippen molar-refractivity contribution in [3.63, 3.8) is 0 Å². The van der Waals surface area contributed by atoms with Gasteiger partial charge in [0.05, 0.1) is 18.4 Å². The number of halogens is 2. The lowest BCUT2D eigenvalue weighted by Gasteiger charge is -2.25. The predicted octanol–water partition coefficient (Wildman–Crippen LogP) is 4.78. The molecule has 32 heavy (non-hydrogen) atoms. The minimum atomic E-state index is -0.869. The summed E-state index contributed by atoms with van der Waals surface area (Å²) in [5.41, 5.74) is 0.932. The number of nitrogens with zero attached hydrogens (tertiary/aromatic N) is 2. The quantitative estimate of drug-likeness (QED) is 0.524. The molecule has 0 atom stereocenters. The van der Waals surface area contributed by atoms with Crippen molar-refractivity contribution >= 4 is 28.8 Å². The van der Waals surface area contributed by atoms with E-state index >= 15 is 0 Å². The molecule has 0 aromatic heterocycles. The SMILES string of the molecule is CCN(C1=C(c2ccc(OC)cc2)C(=O)N(c2cc(F)ccc2F)C1=O)c1ccccc1. The van der Waals surface area contributed by atoms with Gasteiger partial charge in [0.1, 0.15) is 23.1 Å².